The average molecular weight is 226 g/mol. The third-order valence-electron chi connectivity index (χ3n) is 3.87. The van der Waals surface area contributed by atoms with E-state index in [0.29, 0.717) is 0 Å². The van der Waals surface area contributed by atoms with Gasteiger partial charge in [-0.05, 0) is 63.8 Å². The van der Waals surface area contributed by atoms with E-state index in [-0.39, 0.29) is 0 Å². The fourth-order valence-electron chi connectivity index (χ4n) is 2.41. The summed E-state index contributed by atoms with van der Waals surface area (Å²) in [5.74, 6) is 1.76. The van der Waals surface area contributed by atoms with Crippen LogP contribution in [0.25, 0.3) is 0 Å². The molecule has 0 spiro atoms. The molecule has 1 atom stereocenters. The smallest absolute Gasteiger partial charge is 0.00156 e. The minimum Gasteiger partial charge on any atom is -0.316 e. The number of rotatable bonds is 7. The van der Waals surface area contributed by atoms with Crippen molar-refractivity contribution in [2.45, 2.75) is 46.5 Å². The fraction of sp³-hybridized carbons (Fsp3) is 1.00. The van der Waals surface area contributed by atoms with Crippen molar-refractivity contribution in [2.24, 2.45) is 11.8 Å². The molecule has 1 aliphatic heterocycles. The zero-order valence-electron chi connectivity index (χ0n) is 11.5. The van der Waals surface area contributed by atoms with Crippen molar-refractivity contribution in [1.29, 1.82) is 0 Å². The van der Waals surface area contributed by atoms with Gasteiger partial charge in [-0.15, -0.1) is 0 Å². The van der Waals surface area contributed by atoms with Crippen LogP contribution in [0.15, 0.2) is 0 Å². The van der Waals surface area contributed by atoms with Crippen molar-refractivity contribution in [1.82, 2.24) is 10.2 Å². The van der Waals surface area contributed by atoms with Crippen LogP contribution in [-0.4, -0.2) is 37.6 Å². The van der Waals surface area contributed by atoms with Crippen LogP contribution in [0.4, 0.5) is 0 Å². The molecule has 1 unspecified atom stereocenters. The van der Waals surface area contributed by atoms with Crippen LogP contribution in [0.2, 0.25) is 0 Å². The maximum atomic E-state index is 3.63. The van der Waals surface area contributed by atoms with Crippen LogP contribution in [0.3, 0.4) is 0 Å². The van der Waals surface area contributed by atoms with Gasteiger partial charge in [0, 0.05) is 0 Å². The summed E-state index contributed by atoms with van der Waals surface area (Å²) in [7, 11) is 0. The fourth-order valence-corrected chi connectivity index (χ4v) is 2.41. The third kappa shape index (κ3) is 5.31. The highest BCUT2D eigenvalue weighted by Gasteiger charge is 2.17. The summed E-state index contributed by atoms with van der Waals surface area (Å²) in [6.45, 7) is 13.3. The van der Waals surface area contributed by atoms with Crippen LogP contribution in [0, 0.1) is 11.8 Å². The first kappa shape index (κ1) is 14.0. The standard InChI is InChI=1S/C14H30N2/c1-4-8-16-9-6-14(7-10-16)12-15-11-13(3)5-2/h13-15H,4-12H2,1-3H3. The molecule has 0 radical (unpaired) electrons. The Hall–Kier alpha value is -0.0800. The number of piperidine rings is 1. The molecular weight excluding hydrogens is 196 g/mol. The number of hydrogen-bond donors (Lipinski definition) is 1. The Morgan fingerprint density at radius 1 is 1.25 bits per heavy atom. The Balaban J connectivity index is 2.03. The van der Waals surface area contributed by atoms with E-state index in [1.54, 1.807) is 0 Å². The van der Waals surface area contributed by atoms with E-state index in [9.17, 15) is 0 Å². The van der Waals surface area contributed by atoms with Crippen LogP contribution >= 0.6 is 0 Å². The zero-order valence-corrected chi connectivity index (χ0v) is 11.5. The van der Waals surface area contributed by atoms with Gasteiger partial charge in [0.25, 0.3) is 0 Å². The quantitative estimate of drug-likeness (QED) is 0.718. The normalized spacial score (nSPS) is 21.2. The molecule has 2 heteroatoms. The van der Waals surface area contributed by atoms with Crippen LogP contribution in [-0.2, 0) is 0 Å². The third-order valence-corrected chi connectivity index (χ3v) is 3.87. The van der Waals surface area contributed by atoms with Gasteiger partial charge in [0.1, 0.15) is 0 Å². The van der Waals surface area contributed by atoms with E-state index in [2.05, 4.69) is 31.0 Å². The van der Waals surface area contributed by atoms with Gasteiger partial charge in [-0.2, -0.15) is 0 Å². The monoisotopic (exact) mass is 226 g/mol. The van der Waals surface area contributed by atoms with E-state index in [0.717, 1.165) is 11.8 Å². The number of nitrogens with zero attached hydrogens (tertiary/aromatic N) is 1. The summed E-state index contributed by atoms with van der Waals surface area (Å²) in [6.07, 6.45) is 5.39. The molecule has 1 saturated heterocycles. The van der Waals surface area contributed by atoms with E-state index >= 15 is 0 Å². The lowest BCUT2D eigenvalue weighted by molar-refractivity contribution is 0.182. The summed E-state index contributed by atoms with van der Waals surface area (Å²) in [4.78, 5) is 2.62. The number of hydrogen-bond acceptors (Lipinski definition) is 2. The second-order valence-electron chi connectivity index (χ2n) is 5.46. The topological polar surface area (TPSA) is 15.3 Å². The SMILES string of the molecule is CCCN1CCC(CNCC(C)CC)CC1. The first-order valence-corrected chi connectivity index (χ1v) is 7.19. The van der Waals surface area contributed by atoms with Crippen molar-refractivity contribution in [3.8, 4) is 0 Å². The summed E-state index contributed by atoms with van der Waals surface area (Å²) in [6, 6.07) is 0. The average Bonchev–Trinajstić information content (AvgIpc) is 2.31. The number of nitrogens with one attached hydrogen (secondary N) is 1. The highest BCUT2D eigenvalue weighted by molar-refractivity contribution is 4.73. The first-order valence-electron chi connectivity index (χ1n) is 7.19. The summed E-state index contributed by atoms with van der Waals surface area (Å²) in [5.41, 5.74) is 0. The summed E-state index contributed by atoms with van der Waals surface area (Å²) in [5, 5.41) is 3.63. The molecule has 1 N–H and O–H groups in total. The highest BCUT2D eigenvalue weighted by atomic mass is 15.1. The van der Waals surface area contributed by atoms with Gasteiger partial charge >= 0.3 is 0 Å². The lowest BCUT2D eigenvalue weighted by Crippen LogP contribution is -2.38. The molecule has 0 bridgehead atoms. The molecule has 1 heterocycles. The summed E-state index contributed by atoms with van der Waals surface area (Å²) >= 11 is 0. The van der Waals surface area contributed by atoms with Gasteiger partial charge in [0.15, 0.2) is 0 Å². The first-order chi connectivity index (χ1) is 7.76. The van der Waals surface area contributed by atoms with Gasteiger partial charge in [0.2, 0.25) is 0 Å². The molecule has 16 heavy (non-hydrogen) atoms. The van der Waals surface area contributed by atoms with Crippen molar-refractivity contribution >= 4 is 0 Å². The van der Waals surface area contributed by atoms with Gasteiger partial charge in [-0.1, -0.05) is 27.2 Å². The number of likely N-dealkylation sites (tertiary alicyclic amines) is 1. The molecule has 2 nitrogen and oxygen atoms in total. The minimum absolute atomic E-state index is 0.834. The van der Waals surface area contributed by atoms with E-state index in [4.69, 9.17) is 0 Å². The van der Waals surface area contributed by atoms with Gasteiger partial charge < -0.3 is 10.2 Å². The van der Waals surface area contributed by atoms with Crippen LogP contribution in [0.1, 0.15) is 46.5 Å². The Kier molecular flexibility index (Phi) is 7.06. The van der Waals surface area contributed by atoms with Crippen molar-refractivity contribution in [2.75, 3.05) is 32.7 Å². The summed E-state index contributed by atoms with van der Waals surface area (Å²) < 4.78 is 0. The Labute approximate surface area is 102 Å². The van der Waals surface area contributed by atoms with Gasteiger partial charge in [0.05, 0.1) is 0 Å². The molecular formula is C14H30N2. The van der Waals surface area contributed by atoms with Crippen LogP contribution in [0.5, 0.6) is 0 Å². The molecule has 1 rings (SSSR count). The van der Waals surface area contributed by atoms with Crippen molar-refractivity contribution in [3.63, 3.8) is 0 Å². The van der Waals surface area contributed by atoms with E-state index in [1.807, 2.05) is 0 Å². The second-order valence-corrected chi connectivity index (χ2v) is 5.46. The minimum atomic E-state index is 0.834. The molecule has 0 aromatic heterocycles. The highest BCUT2D eigenvalue weighted by Crippen LogP contribution is 2.16. The molecule has 0 aromatic rings. The molecule has 1 fully saturated rings. The van der Waals surface area contributed by atoms with Gasteiger partial charge in [-0.3, -0.25) is 0 Å². The largest absolute Gasteiger partial charge is 0.316 e. The zero-order chi connectivity index (χ0) is 11.8. The molecule has 0 saturated carbocycles. The molecule has 0 aromatic carbocycles. The van der Waals surface area contributed by atoms with Crippen LogP contribution < -0.4 is 5.32 Å². The molecule has 0 aliphatic carbocycles. The van der Waals surface area contributed by atoms with E-state index < -0.39 is 0 Å². The maximum Gasteiger partial charge on any atom is -0.00156 e. The molecule has 1 aliphatic rings. The Bertz CT molecular complexity index is 162. The lowest BCUT2D eigenvalue weighted by Gasteiger charge is -2.32. The second kappa shape index (κ2) is 8.08. The van der Waals surface area contributed by atoms with E-state index in [1.165, 1.54) is 58.4 Å². The van der Waals surface area contributed by atoms with Crippen molar-refractivity contribution in [3.05, 3.63) is 0 Å². The Morgan fingerprint density at radius 3 is 2.50 bits per heavy atom. The Morgan fingerprint density at radius 2 is 1.94 bits per heavy atom. The predicted octanol–water partition coefficient (Wildman–Crippen LogP) is 2.74. The predicted molar refractivity (Wildman–Crippen MR) is 71.8 cm³/mol. The van der Waals surface area contributed by atoms with Gasteiger partial charge in [-0.25, -0.2) is 0 Å². The molecule has 96 valence electrons. The maximum absolute atomic E-state index is 3.63. The lowest BCUT2D eigenvalue weighted by atomic mass is 9.96. The van der Waals surface area contributed by atoms with Crippen molar-refractivity contribution < 1.29 is 0 Å². The molecule has 0 amide bonds.